The van der Waals surface area contributed by atoms with Gasteiger partial charge in [0.1, 0.15) is 5.60 Å². The molecule has 7 heteroatoms. The number of hydrogen-bond acceptors (Lipinski definition) is 6. The molecule has 0 aromatic heterocycles. The zero-order chi connectivity index (χ0) is 18.0. The first-order chi connectivity index (χ1) is 11.1. The van der Waals surface area contributed by atoms with Gasteiger partial charge in [-0.2, -0.15) is 0 Å². The summed E-state index contributed by atoms with van der Waals surface area (Å²) in [5.74, 6) is -0.380. The zero-order valence-corrected chi connectivity index (χ0v) is 15.1. The number of rotatable bonds is 4. The van der Waals surface area contributed by atoms with Crippen molar-refractivity contribution in [3.8, 4) is 0 Å². The monoisotopic (exact) mass is 356 g/mol. The largest absolute Gasteiger partial charge is 0.460 e. The van der Waals surface area contributed by atoms with E-state index in [1.807, 2.05) is 26.8 Å². The number of anilines is 2. The number of halogens is 1. The molecule has 1 aliphatic rings. The van der Waals surface area contributed by atoms with Crippen molar-refractivity contribution in [1.29, 1.82) is 0 Å². The van der Waals surface area contributed by atoms with Gasteiger partial charge in [0, 0.05) is 13.1 Å². The van der Waals surface area contributed by atoms with Crippen LogP contribution in [0.2, 0.25) is 5.02 Å². The van der Waals surface area contributed by atoms with Crippen molar-refractivity contribution in [3.05, 3.63) is 23.2 Å². The predicted octanol–water partition coefficient (Wildman–Crippen LogP) is 3.20. The van der Waals surface area contributed by atoms with E-state index in [0.717, 1.165) is 5.69 Å². The van der Waals surface area contributed by atoms with Crippen LogP contribution in [0, 0.1) is 0 Å². The highest BCUT2D eigenvalue weighted by Gasteiger charge is 2.36. The number of hydrogen-bond donors (Lipinski definition) is 3. The van der Waals surface area contributed by atoms with Gasteiger partial charge in [0.05, 0.1) is 28.4 Å². The molecule has 1 aromatic carbocycles. The zero-order valence-electron chi connectivity index (χ0n) is 14.3. The summed E-state index contributed by atoms with van der Waals surface area (Å²) < 4.78 is 5.30. The highest BCUT2D eigenvalue weighted by molar-refractivity contribution is 6.33. The fraction of sp³-hybridized carbons (Fsp3) is 0.588. The van der Waals surface area contributed by atoms with E-state index < -0.39 is 11.2 Å². The normalized spacial score (nSPS) is 17.5. The number of ether oxygens (including phenoxy) is 1. The predicted molar refractivity (Wildman–Crippen MR) is 93.7 cm³/mol. The number of benzene rings is 1. The second-order valence-corrected chi connectivity index (χ2v) is 7.66. The number of carbonyl (C=O) groups excluding carboxylic acids is 1. The van der Waals surface area contributed by atoms with Crippen LogP contribution in [-0.2, 0) is 9.53 Å². The summed E-state index contributed by atoms with van der Waals surface area (Å²) in [5, 5.41) is 20.1. The van der Waals surface area contributed by atoms with Gasteiger partial charge in [0.25, 0.3) is 0 Å². The third-order valence-corrected chi connectivity index (χ3v) is 4.31. The number of piperidine rings is 1. The maximum Gasteiger partial charge on any atom is 0.309 e. The third-order valence-electron chi connectivity index (χ3n) is 4.01. The summed E-state index contributed by atoms with van der Waals surface area (Å²) in [7, 11) is 0. The summed E-state index contributed by atoms with van der Waals surface area (Å²) in [5.41, 5.74) is 1.82. The Bertz CT molecular complexity index is 593. The van der Waals surface area contributed by atoms with Gasteiger partial charge in [-0.25, -0.2) is 0 Å². The number of aliphatic hydroxyl groups is 1. The summed E-state index contributed by atoms with van der Waals surface area (Å²) in [6.07, 6.45) is 0.921. The van der Waals surface area contributed by atoms with Crippen LogP contribution in [-0.4, -0.2) is 40.6 Å². The van der Waals surface area contributed by atoms with Crippen molar-refractivity contribution in [2.24, 2.45) is 0 Å². The van der Waals surface area contributed by atoms with Gasteiger partial charge in [0.15, 0.2) is 0 Å². The molecule has 0 atom stereocenters. The molecule has 0 unspecified atom stereocenters. The SMILES string of the molecule is CC(C)(C)OC(=O)CC1(O)CCN(c2ccc(NO)cc2Cl)CC1. The smallest absolute Gasteiger partial charge is 0.309 e. The van der Waals surface area contributed by atoms with E-state index >= 15 is 0 Å². The molecular weight excluding hydrogens is 332 g/mol. The van der Waals surface area contributed by atoms with Crippen LogP contribution in [0.1, 0.15) is 40.0 Å². The lowest BCUT2D eigenvalue weighted by atomic mass is 9.88. The van der Waals surface area contributed by atoms with E-state index in [1.165, 1.54) is 0 Å². The maximum absolute atomic E-state index is 12.0. The molecule has 1 aliphatic heterocycles. The van der Waals surface area contributed by atoms with Crippen LogP contribution in [0.5, 0.6) is 0 Å². The average molecular weight is 357 g/mol. The number of nitrogens with zero attached hydrogens (tertiary/aromatic N) is 1. The Labute approximate surface area is 147 Å². The summed E-state index contributed by atoms with van der Waals surface area (Å²) in [6.45, 7) is 6.61. The number of nitrogens with one attached hydrogen (secondary N) is 1. The highest BCUT2D eigenvalue weighted by Crippen LogP contribution is 2.34. The van der Waals surface area contributed by atoms with Crippen molar-refractivity contribution in [2.45, 2.75) is 51.2 Å². The molecule has 0 amide bonds. The van der Waals surface area contributed by atoms with Crippen LogP contribution in [0.25, 0.3) is 0 Å². The first kappa shape index (κ1) is 18.8. The molecule has 0 spiro atoms. The quantitative estimate of drug-likeness (QED) is 0.567. The fourth-order valence-corrected chi connectivity index (χ4v) is 3.12. The Morgan fingerprint density at radius 2 is 2.00 bits per heavy atom. The Balaban J connectivity index is 1.96. The van der Waals surface area contributed by atoms with Crippen molar-refractivity contribution in [1.82, 2.24) is 0 Å². The van der Waals surface area contributed by atoms with Crippen molar-refractivity contribution < 1.29 is 19.8 Å². The first-order valence-electron chi connectivity index (χ1n) is 8.01. The lowest BCUT2D eigenvalue weighted by molar-refractivity contribution is -0.161. The van der Waals surface area contributed by atoms with Gasteiger partial charge < -0.3 is 14.7 Å². The van der Waals surface area contributed by atoms with Crippen LogP contribution in [0.15, 0.2) is 18.2 Å². The van der Waals surface area contributed by atoms with E-state index in [2.05, 4.69) is 10.4 Å². The molecule has 0 bridgehead atoms. The maximum atomic E-state index is 12.0. The van der Waals surface area contributed by atoms with Gasteiger partial charge in [-0.3, -0.25) is 15.5 Å². The van der Waals surface area contributed by atoms with Crippen LogP contribution < -0.4 is 10.4 Å². The van der Waals surface area contributed by atoms with Gasteiger partial charge in [-0.05, 0) is 51.8 Å². The van der Waals surface area contributed by atoms with E-state index in [-0.39, 0.29) is 12.4 Å². The number of carbonyl (C=O) groups is 1. The minimum absolute atomic E-state index is 0.000781. The molecular formula is C17H25ClN2O4. The van der Waals surface area contributed by atoms with Gasteiger partial charge in [-0.15, -0.1) is 0 Å². The molecule has 1 fully saturated rings. The molecule has 2 rings (SSSR count). The van der Waals surface area contributed by atoms with Crippen LogP contribution in [0.4, 0.5) is 11.4 Å². The third kappa shape index (κ3) is 5.00. The van der Waals surface area contributed by atoms with E-state index in [9.17, 15) is 9.90 Å². The molecule has 3 N–H and O–H groups in total. The van der Waals surface area contributed by atoms with E-state index in [0.29, 0.717) is 36.6 Å². The molecule has 6 nitrogen and oxygen atoms in total. The fourth-order valence-electron chi connectivity index (χ4n) is 2.82. The number of esters is 1. The average Bonchev–Trinajstić information content (AvgIpc) is 2.46. The van der Waals surface area contributed by atoms with Gasteiger partial charge in [-0.1, -0.05) is 11.6 Å². The standard InChI is InChI=1S/C17H25ClN2O4/c1-16(2,3)24-15(21)11-17(22)6-8-20(9-7-17)14-5-4-12(19-23)10-13(14)18/h4-5,10,19,22-23H,6-9,11H2,1-3H3. The Morgan fingerprint density at radius 3 is 2.50 bits per heavy atom. The summed E-state index contributed by atoms with van der Waals surface area (Å²) in [6, 6.07) is 5.18. The summed E-state index contributed by atoms with van der Waals surface area (Å²) in [4.78, 5) is 14.0. The Hall–Kier alpha value is -1.50. The minimum Gasteiger partial charge on any atom is -0.460 e. The molecule has 1 saturated heterocycles. The van der Waals surface area contributed by atoms with Gasteiger partial charge >= 0.3 is 5.97 Å². The molecule has 0 radical (unpaired) electrons. The van der Waals surface area contributed by atoms with E-state index in [1.54, 1.807) is 12.1 Å². The lowest BCUT2D eigenvalue weighted by Gasteiger charge is -2.39. The van der Waals surface area contributed by atoms with Crippen LogP contribution >= 0.6 is 11.6 Å². The minimum atomic E-state index is -1.04. The second kappa shape index (κ2) is 7.17. The van der Waals surface area contributed by atoms with Crippen molar-refractivity contribution in [3.63, 3.8) is 0 Å². The molecule has 1 heterocycles. The Kier molecular flexibility index (Phi) is 5.63. The lowest BCUT2D eigenvalue weighted by Crippen LogP contribution is -2.46. The molecule has 1 aromatic rings. The molecule has 0 aliphatic carbocycles. The topological polar surface area (TPSA) is 82.0 Å². The highest BCUT2D eigenvalue weighted by atomic mass is 35.5. The Morgan fingerprint density at radius 1 is 1.38 bits per heavy atom. The van der Waals surface area contributed by atoms with Crippen molar-refractivity contribution >= 4 is 28.9 Å². The molecule has 0 saturated carbocycles. The van der Waals surface area contributed by atoms with Gasteiger partial charge in [0.2, 0.25) is 0 Å². The van der Waals surface area contributed by atoms with Crippen molar-refractivity contribution in [2.75, 3.05) is 23.5 Å². The van der Waals surface area contributed by atoms with Crippen LogP contribution in [0.3, 0.4) is 0 Å². The molecule has 134 valence electrons. The molecule has 24 heavy (non-hydrogen) atoms. The second-order valence-electron chi connectivity index (χ2n) is 7.25. The summed E-state index contributed by atoms with van der Waals surface area (Å²) >= 11 is 6.24. The van der Waals surface area contributed by atoms with E-state index in [4.69, 9.17) is 21.5 Å². The first-order valence-corrected chi connectivity index (χ1v) is 8.38.